The van der Waals surface area contributed by atoms with Crippen molar-refractivity contribution < 1.29 is 29.1 Å². The molecule has 2 aromatic rings. The van der Waals surface area contributed by atoms with E-state index in [9.17, 15) is 34.3 Å². The van der Waals surface area contributed by atoms with Gasteiger partial charge in [-0.1, -0.05) is 6.07 Å². The van der Waals surface area contributed by atoms with Gasteiger partial charge in [0.25, 0.3) is 11.6 Å². The molecule has 1 saturated heterocycles. The quantitative estimate of drug-likeness (QED) is 0.490. The predicted molar refractivity (Wildman–Crippen MR) is 91.1 cm³/mol. The van der Waals surface area contributed by atoms with Gasteiger partial charge in [-0.3, -0.25) is 19.5 Å². The van der Waals surface area contributed by atoms with Crippen LogP contribution in [0.2, 0.25) is 0 Å². The fourth-order valence-corrected chi connectivity index (χ4v) is 2.71. The van der Waals surface area contributed by atoms with Crippen LogP contribution in [-0.4, -0.2) is 48.9 Å². The Morgan fingerprint density at radius 2 is 2.11 bits per heavy atom. The molecule has 148 valence electrons. The highest BCUT2D eigenvalue weighted by Crippen LogP contribution is 2.28. The molecular weight excluding hydrogens is 379 g/mol. The molecule has 1 aromatic carbocycles. The molecule has 0 saturated carbocycles. The van der Waals surface area contributed by atoms with E-state index in [2.05, 4.69) is 10.3 Å². The fourth-order valence-electron chi connectivity index (χ4n) is 2.71. The number of halogens is 1. The normalized spacial score (nSPS) is 24.1. The SMILES string of the molecule is C[C@H]1O[C@@H](n2cc(F)c(NC(=O)c3cccc([N+](=O)[O-])c3)nc2=O)[C@H](O)[C@@H]1O. The number of carbonyl (C=O) groups excluding carboxylic acids is 1. The van der Waals surface area contributed by atoms with E-state index in [0.717, 1.165) is 6.07 Å². The minimum Gasteiger partial charge on any atom is -0.388 e. The van der Waals surface area contributed by atoms with Crippen LogP contribution in [0.15, 0.2) is 35.3 Å². The van der Waals surface area contributed by atoms with E-state index in [1.807, 2.05) is 0 Å². The van der Waals surface area contributed by atoms with Crippen molar-refractivity contribution in [1.82, 2.24) is 9.55 Å². The first-order chi connectivity index (χ1) is 13.2. The van der Waals surface area contributed by atoms with Crippen LogP contribution in [0.1, 0.15) is 23.5 Å². The lowest BCUT2D eigenvalue weighted by Gasteiger charge is -2.17. The molecule has 1 aromatic heterocycles. The van der Waals surface area contributed by atoms with Crippen molar-refractivity contribution in [3.8, 4) is 0 Å². The molecule has 0 aliphatic carbocycles. The highest BCUT2D eigenvalue weighted by Gasteiger charge is 2.42. The van der Waals surface area contributed by atoms with Crippen LogP contribution in [0.3, 0.4) is 0 Å². The zero-order valence-electron chi connectivity index (χ0n) is 14.4. The summed E-state index contributed by atoms with van der Waals surface area (Å²) in [7, 11) is 0. The number of non-ortho nitro benzene ring substituents is 1. The molecule has 2 heterocycles. The molecule has 11 nitrogen and oxygen atoms in total. The minimum atomic E-state index is -1.47. The molecule has 1 fully saturated rings. The summed E-state index contributed by atoms with van der Waals surface area (Å²) in [5, 5.41) is 32.5. The number of nitro benzene ring substituents is 1. The first kappa shape index (κ1) is 19.5. The van der Waals surface area contributed by atoms with Gasteiger partial charge in [-0.25, -0.2) is 9.18 Å². The maximum atomic E-state index is 14.3. The van der Waals surface area contributed by atoms with Crippen molar-refractivity contribution in [3.05, 3.63) is 62.4 Å². The summed E-state index contributed by atoms with van der Waals surface area (Å²) in [6.07, 6.45) is -4.20. The minimum absolute atomic E-state index is 0.133. The smallest absolute Gasteiger partial charge is 0.351 e. The second-order valence-corrected chi connectivity index (χ2v) is 6.10. The van der Waals surface area contributed by atoms with Gasteiger partial charge >= 0.3 is 5.69 Å². The number of nitro groups is 1. The molecule has 1 aliphatic rings. The third-order valence-corrected chi connectivity index (χ3v) is 4.21. The zero-order valence-corrected chi connectivity index (χ0v) is 14.4. The van der Waals surface area contributed by atoms with Crippen LogP contribution in [0.5, 0.6) is 0 Å². The zero-order chi connectivity index (χ0) is 20.6. The van der Waals surface area contributed by atoms with Crippen molar-refractivity contribution in [2.24, 2.45) is 0 Å². The highest BCUT2D eigenvalue weighted by molar-refractivity contribution is 6.04. The van der Waals surface area contributed by atoms with Crippen LogP contribution in [0, 0.1) is 15.9 Å². The Morgan fingerprint density at radius 1 is 1.39 bits per heavy atom. The maximum absolute atomic E-state index is 14.3. The molecule has 0 bridgehead atoms. The molecule has 12 heteroatoms. The van der Waals surface area contributed by atoms with Crippen LogP contribution in [-0.2, 0) is 4.74 Å². The lowest BCUT2D eigenvalue weighted by atomic mass is 10.1. The van der Waals surface area contributed by atoms with E-state index in [-0.39, 0.29) is 11.3 Å². The van der Waals surface area contributed by atoms with Gasteiger partial charge in [0, 0.05) is 17.7 Å². The number of aliphatic hydroxyl groups excluding tert-OH is 2. The average molecular weight is 394 g/mol. The molecule has 1 amide bonds. The molecule has 0 spiro atoms. The molecular formula is C16H15FN4O7. The van der Waals surface area contributed by atoms with Gasteiger partial charge in [-0.2, -0.15) is 4.98 Å². The maximum Gasteiger partial charge on any atom is 0.351 e. The number of nitrogens with zero attached hydrogens (tertiary/aromatic N) is 3. The summed E-state index contributed by atoms with van der Waals surface area (Å²) >= 11 is 0. The first-order valence-electron chi connectivity index (χ1n) is 8.05. The number of hydrogen-bond donors (Lipinski definition) is 3. The van der Waals surface area contributed by atoms with Gasteiger partial charge in [0.15, 0.2) is 17.9 Å². The van der Waals surface area contributed by atoms with Gasteiger partial charge < -0.3 is 20.3 Å². The first-order valence-corrected chi connectivity index (χ1v) is 8.05. The van der Waals surface area contributed by atoms with Crippen molar-refractivity contribution >= 4 is 17.4 Å². The topological polar surface area (TPSA) is 157 Å². The molecule has 4 atom stereocenters. The number of rotatable bonds is 4. The largest absolute Gasteiger partial charge is 0.388 e. The van der Waals surface area contributed by atoms with Crippen molar-refractivity contribution in [3.63, 3.8) is 0 Å². The second-order valence-electron chi connectivity index (χ2n) is 6.10. The van der Waals surface area contributed by atoms with E-state index < -0.39 is 52.7 Å². The summed E-state index contributed by atoms with van der Waals surface area (Å²) in [6.45, 7) is 1.47. The van der Waals surface area contributed by atoms with E-state index in [1.54, 1.807) is 0 Å². The van der Waals surface area contributed by atoms with E-state index in [1.165, 1.54) is 25.1 Å². The Balaban J connectivity index is 1.86. The summed E-state index contributed by atoms with van der Waals surface area (Å²) in [6, 6.07) is 4.71. The van der Waals surface area contributed by atoms with E-state index in [4.69, 9.17) is 4.74 Å². The summed E-state index contributed by atoms with van der Waals surface area (Å²) in [5.74, 6) is -2.71. The van der Waals surface area contributed by atoms with Gasteiger partial charge in [0.2, 0.25) is 0 Å². The van der Waals surface area contributed by atoms with E-state index >= 15 is 0 Å². The molecule has 28 heavy (non-hydrogen) atoms. The highest BCUT2D eigenvalue weighted by atomic mass is 19.1. The number of anilines is 1. The van der Waals surface area contributed by atoms with Gasteiger partial charge in [0.05, 0.1) is 17.2 Å². The Labute approximate surface area is 156 Å². The third-order valence-electron chi connectivity index (χ3n) is 4.21. The third kappa shape index (κ3) is 3.60. The number of hydrogen-bond acceptors (Lipinski definition) is 8. The number of ether oxygens (including phenoxy) is 1. The average Bonchev–Trinajstić information content (AvgIpc) is 2.91. The summed E-state index contributed by atoms with van der Waals surface area (Å²) < 4.78 is 20.2. The Hall–Kier alpha value is -3.22. The summed E-state index contributed by atoms with van der Waals surface area (Å²) in [4.78, 5) is 37.9. The molecule has 3 rings (SSSR count). The Bertz CT molecular complexity index is 995. The fraction of sp³-hybridized carbons (Fsp3) is 0.312. The van der Waals surface area contributed by atoms with Crippen molar-refractivity contribution in [1.29, 1.82) is 0 Å². The van der Waals surface area contributed by atoms with Gasteiger partial charge in [-0.05, 0) is 13.0 Å². The Morgan fingerprint density at radius 3 is 2.71 bits per heavy atom. The lowest BCUT2D eigenvalue weighted by molar-refractivity contribution is -0.384. The Kier molecular flexibility index (Phi) is 5.18. The predicted octanol–water partition coefficient (Wildman–Crippen LogP) is 0.182. The van der Waals surface area contributed by atoms with E-state index in [0.29, 0.717) is 10.8 Å². The van der Waals surface area contributed by atoms with Gasteiger partial charge in [0.1, 0.15) is 12.2 Å². The van der Waals surface area contributed by atoms with Crippen LogP contribution < -0.4 is 11.0 Å². The number of carbonyl (C=O) groups is 1. The standard InChI is InChI=1S/C16H15FN4O7/c1-7-11(22)12(23)15(28-7)20-6-10(17)13(19-16(20)25)18-14(24)8-3-2-4-9(5-8)21(26)27/h2-7,11-12,15,22-23H,1H3,(H,18,19,24,25)/t7-,11-,12-,15-/m1/s1. The lowest BCUT2D eigenvalue weighted by Crippen LogP contribution is -2.36. The van der Waals surface area contributed by atoms with Gasteiger partial charge in [-0.15, -0.1) is 0 Å². The van der Waals surface area contributed by atoms with Crippen LogP contribution in [0.4, 0.5) is 15.9 Å². The number of benzene rings is 1. The molecule has 0 radical (unpaired) electrons. The number of nitrogens with one attached hydrogen (secondary N) is 1. The van der Waals surface area contributed by atoms with Crippen molar-refractivity contribution in [2.75, 3.05) is 5.32 Å². The monoisotopic (exact) mass is 394 g/mol. The molecule has 1 aliphatic heterocycles. The molecule has 3 N–H and O–H groups in total. The number of amides is 1. The number of aliphatic hydroxyl groups is 2. The van der Waals surface area contributed by atoms with Crippen LogP contribution in [0.25, 0.3) is 0 Å². The summed E-state index contributed by atoms with van der Waals surface area (Å²) in [5.41, 5.74) is -1.51. The van der Waals surface area contributed by atoms with Crippen molar-refractivity contribution in [2.45, 2.75) is 31.5 Å². The molecule has 0 unspecified atom stereocenters. The second kappa shape index (κ2) is 7.42. The van der Waals surface area contributed by atoms with Crippen LogP contribution >= 0.6 is 0 Å². The number of aromatic nitrogens is 2.